The summed E-state index contributed by atoms with van der Waals surface area (Å²) in [6.07, 6.45) is 1.09. The minimum absolute atomic E-state index is 0.0647. The molecular formula is C68H108N10O21P2Si2. The first-order valence-electron chi connectivity index (χ1n) is 35.5. The SMILES string of the molecule is [C-]#[N+]CCOP(=O)(O[C@@H]1C[C@H](n2cc(C)c(=O)[nH]c2=O)O[C@@H]1CC)OC(CC)(CC)[C@H]1O[C@@H](n2cc(C)c(=O)[nH]c2=O)C[C@H]1O[Si](C)(C)C(C)(C)C.[C-]#[N+]CCOP(O[C@@H]1C[C@H](n2cc(C)c(=O)[nH]c2=O)O[C@@H]1CC)OC(CC)(CC)[C@H]1O[C@@H](n2cc(C)c(=O)[nH]c2=O)C[C@H]1O[Si](C)(C)C(C)(C)C. The molecule has 103 heavy (non-hydrogen) atoms. The van der Waals surface area contributed by atoms with Crippen molar-refractivity contribution in [3.8, 4) is 0 Å². The van der Waals surface area contributed by atoms with Crippen molar-refractivity contribution in [3.63, 3.8) is 0 Å². The van der Waals surface area contributed by atoms with Crippen LogP contribution in [0.1, 0.15) is 194 Å². The summed E-state index contributed by atoms with van der Waals surface area (Å²) in [6, 6.07) is 0. The van der Waals surface area contributed by atoms with Crippen molar-refractivity contribution in [1.82, 2.24) is 38.2 Å². The Morgan fingerprint density at radius 3 is 1.19 bits per heavy atom. The maximum atomic E-state index is 14.9. The van der Waals surface area contributed by atoms with E-state index >= 15 is 0 Å². The zero-order valence-corrected chi connectivity index (χ0v) is 67.1. The van der Waals surface area contributed by atoms with Crippen LogP contribution in [0.2, 0.25) is 36.3 Å². The number of nitrogens with one attached hydrogen (secondary N) is 4. The lowest BCUT2D eigenvalue weighted by atomic mass is 9.87. The molecular weight excluding hydrogens is 1410 g/mol. The third-order valence-corrected chi connectivity index (χ3v) is 32.9. The van der Waals surface area contributed by atoms with Gasteiger partial charge in [-0.15, -0.1) is 0 Å². The number of phosphoric acid groups is 1. The topological polar surface area (TPSA) is 356 Å². The maximum absolute atomic E-state index is 14.9. The Morgan fingerprint density at radius 1 is 0.515 bits per heavy atom. The van der Waals surface area contributed by atoms with Crippen LogP contribution in [-0.2, 0) is 59.5 Å². The van der Waals surface area contributed by atoms with Gasteiger partial charge in [-0.05, 0) is 102 Å². The molecule has 4 aromatic heterocycles. The minimum atomic E-state index is -4.54. The van der Waals surface area contributed by atoms with Crippen LogP contribution in [-0.4, -0.2) is 141 Å². The van der Waals surface area contributed by atoms with Crippen molar-refractivity contribution in [2.75, 3.05) is 26.3 Å². The number of H-pyrrole nitrogens is 4. The van der Waals surface area contributed by atoms with E-state index in [0.29, 0.717) is 54.4 Å². The number of phosphoric ester groups is 1. The van der Waals surface area contributed by atoms with Gasteiger partial charge in [0.05, 0.1) is 36.6 Å². The number of aryl methyl sites for hydroxylation is 4. The van der Waals surface area contributed by atoms with Gasteiger partial charge < -0.3 is 51.1 Å². The molecule has 0 bridgehead atoms. The fraction of sp³-hybridized carbons (Fsp3) is 0.735. The Bertz CT molecular complexity index is 4230. The predicted molar refractivity (Wildman–Crippen MR) is 391 cm³/mol. The second kappa shape index (κ2) is 34.5. The van der Waals surface area contributed by atoms with Crippen LogP contribution < -0.4 is 45.0 Å². The number of nitrogens with zero attached hydrogens (tertiary/aromatic N) is 6. The molecule has 4 aromatic rings. The van der Waals surface area contributed by atoms with E-state index in [9.17, 15) is 42.9 Å². The zero-order chi connectivity index (χ0) is 76.7. The normalized spacial score (nSPS) is 25.1. The third-order valence-electron chi connectivity index (χ3n) is 21.0. The van der Waals surface area contributed by atoms with E-state index in [1.54, 1.807) is 27.7 Å². The molecule has 2 unspecified atom stereocenters. The predicted octanol–water partition coefficient (Wildman–Crippen LogP) is 10.3. The van der Waals surface area contributed by atoms with Crippen LogP contribution in [0.5, 0.6) is 0 Å². The standard InChI is InChI=1S/C34H54N5O11PSi.C34H54N5O10PSi/c1-12-23-24(17-26(46-23)38-19-21(4)29(40)36-31(38)42)48-51(44,45-16-15-35-9)50-34(13-2,14-3)28-25(49-52(10,11)33(6,7)8)18-27(47-28)39-20-22(5)30(41)37-32(39)43;1-12-23-24(17-26(45-23)38-19-21(4)29(40)36-31(38)42)47-50(44-16-15-35-9)49-34(13-2,14-3)28-25(48-51(10,11)33(6,7)8)18-27(46-28)39-20-22(5)30(41)37-32(39)43/h19-20,23-28H,12-18H2,1-8,10-11H3,(H,36,40,42)(H,37,41,43);19-20,23-28H,12-18H2,1-8,10-11H3,(H,36,40,42)(H,37,41,43)/t23-,24-,25-,26-,27-,28+,51?;23-,24-,25-,26-,27-,28+,50?/m11/s1. The van der Waals surface area contributed by atoms with Gasteiger partial charge in [-0.1, -0.05) is 83.1 Å². The van der Waals surface area contributed by atoms with Gasteiger partial charge in [0.2, 0.25) is 13.1 Å². The average molecular weight is 1520 g/mol. The smallest absolute Gasteiger partial charge is 0.411 e. The van der Waals surface area contributed by atoms with Crippen molar-refractivity contribution in [1.29, 1.82) is 0 Å². The highest BCUT2D eigenvalue weighted by Gasteiger charge is 2.58. The fourth-order valence-electron chi connectivity index (χ4n) is 12.6. The molecule has 0 spiro atoms. The van der Waals surface area contributed by atoms with Crippen molar-refractivity contribution < 1.29 is 59.5 Å². The van der Waals surface area contributed by atoms with Gasteiger partial charge in [0, 0.05) is 72.7 Å². The molecule has 0 amide bonds. The summed E-state index contributed by atoms with van der Waals surface area (Å²) in [5.41, 5.74) is -5.32. The first kappa shape index (κ1) is 84.6. The summed E-state index contributed by atoms with van der Waals surface area (Å²) in [5, 5.41) is -0.313. The van der Waals surface area contributed by atoms with Gasteiger partial charge in [0.15, 0.2) is 16.6 Å². The highest BCUT2D eigenvalue weighted by molar-refractivity contribution is 7.48. The molecule has 4 N–H and O–H groups in total. The largest absolute Gasteiger partial charge is 0.476 e. The Hall–Kier alpha value is -5.69. The molecule has 0 saturated carbocycles. The second-order valence-electron chi connectivity index (χ2n) is 29.9. The van der Waals surface area contributed by atoms with Crippen LogP contribution in [0.25, 0.3) is 9.69 Å². The van der Waals surface area contributed by atoms with Crippen LogP contribution in [0.4, 0.5) is 0 Å². The molecule has 4 aliphatic rings. The molecule has 31 nitrogen and oxygen atoms in total. The third kappa shape index (κ3) is 19.6. The summed E-state index contributed by atoms with van der Waals surface area (Å²) in [5.74, 6) is 0. The van der Waals surface area contributed by atoms with Crippen LogP contribution in [0.3, 0.4) is 0 Å². The highest BCUT2D eigenvalue weighted by atomic mass is 31.2. The summed E-state index contributed by atoms with van der Waals surface area (Å²) < 4.78 is 98.5. The van der Waals surface area contributed by atoms with Gasteiger partial charge >= 0.3 is 39.2 Å². The molecule has 8 rings (SSSR count). The van der Waals surface area contributed by atoms with Crippen LogP contribution in [0, 0.1) is 40.8 Å². The average Bonchev–Trinajstić information content (AvgIpc) is 1.65. The van der Waals surface area contributed by atoms with E-state index in [-0.39, 0.29) is 68.5 Å². The summed E-state index contributed by atoms with van der Waals surface area (Å²) in [4.78, 5) is 116. The number of hydrogen-bond acceptors (Lipinski definition) is 21. The van der Waals surface area contributed by atoms with E-state index in [2.05, 4.69) is 97.4 Å². The zero-order valence-electron chi connectivity index (χ0n) is 63.3. The van der Waals surface area contributed by atoms with Gasteiger partial charge in [-0.25, -0.2) is 36.9 Å². The molecule has 0 aromatic carbocycles. The number of ether oxygens (including phenoxy) is 4. The number of hydrogen-bond donors (Lipinski definition) is 4. The molecule has 4 saturated heterocycles. The minimum Gasteiger partial charge on any atom is -0.411 e. The monoisotopic (exact) mass is 1520 g/mol. The van der Waals surface area contributed by atoms with Gasteiger partial charge in [0.1, 0.15) is 61.5 Å². The lowest BCUT2D eigenvalue weighted by Crippen LogP contribution is -2.53. The van der Waals surface area contributed by atoms with E-state index in [1.807, 2.05) is 41.5 Å². The maximum Gasteiger partial charge on any atom is 0.476 e. The Kier molecular flexibility index (Phi) is 28.3. The van der Waals surface area contributed by atoms with E-state index in [0.717, 1.165) is 0 Å². The molecule has 35 heteroatoms. The fourth-order valence-corrected chi connectivity index (χ4v) is 18.6. The lowest BCUT2D eigenvalue weighted by molar-refractivity contribution is -0.142. The van der Waals surface area contributed by atoms with E-state index < -0.39 is 163 Å². The first-order chi connectivity index (χ1) is 48.1. The lowest BCUT2D eigenvalue weighted by Gasteiger charge is -2.44. The molecule has 8 heterocycles. The highest BCUT2D eigenvalue weighted by Crippen LogP contribution is 2.60. The van der Waals surface area contributed by atoms with Crippen molar-refractivity contribution >= 4 is 33.1 Å². The van der Waals surface area contributed by atoms with Crippen molar-refractivity contribution in [2.24, 2.45) is 0 Å². The summed E-state index contributed by atoms with van der Waals surface area (Å²) in [6.45, 7) is 53.6. The summed E-state index contributed by atoms with van der Waals surface area (Å²) >= 11 is 0. The van der Waals surface area contributed by atoms with Crippen molar-refractivity contribution in [2.45, 2.75) is 296 Å². The van der Waals surface area contributed by atoms with Gasteiger partial charge in [-0.2, -0.15) is 0 Å². The van der Waals surface area contributed by atoms with Gasteiger partial charge in [-0.3, -0.25) is 71.0 Å². The summed E-state index contributed by atoms with van der Waals surface area (Å²) in [7, 11) is -11.5. The molecule has 0 radical (unpaired) electrons. The number of rotatable bonds is 30. The van der Waals surface area contributed by atoms with E-state index in [1.165, 1.54) is 43.1 Å². The quantitative estimate of drug-likeness (QED) is 0.0163. The van der Waals surface area contributed by atoms with Gasteiger partial charge in [0.25, 0.3) is 22.2 Å². The second-order valence-corrected chi connectivity index (χ2v) is 42.1. The Morgan fingerprint density at radius 2 is 0.845 bits per heavy atom. The van der Waals surface area contributed by atoms with Crippen LogP contribution >= 0.6 is 16.4 Å². The molecule has 4 aliphatic heterocycles. The van der Waals surface area contributed by atoms with Crippen molar-refractivity contribution in [3.05, 3.63) is 153 Å². The Labute approximate surface area is 603 Å². The Balaban J connectivity index is 0.000000288. The van der Waals surface area contributed by atoms with E-state index in [4.69, 9.17) is 68.1 Å². The molecule has 14 atom stereocenters. The first-order valence-corrected chi connectivity index (χ1v) is 43.9. The number of aromatic amines is 4. The molecule has 574 valence electrons. The molecule has 0 aliphatic carbocycles. The molecule has 4 fully saturated rings. The number of aromatic nitrogens is 8. The van der Waals surface area contributed by atoms with Crippen LogP contribution in [0.15, 0.2) is 63.1 Å².